The van der Waals surface area contributed by atoms with Gasteiger partial charge in [0.2, 0.25) is 5.88 Å². The van der Waals surface area contributed by atoms with Crippen LogP contribution >= 0.6 is 11.6 Å². The SMILES string of the molecule is O=Cc1cccnc1Oc1ccc([N+](=O)[O-])c(Cl)c1. The van der Waals surface area contributed by atoms with Crippen molar-refractivity contribution in [1.82, 2.24) is 4.98 Å². The number of nitro groups is 1. The van der Waals surface area contributed by atoms with Crippen molar-refractivity contribution in [3.8, 4) is 11.6 Å². The van der Waals surface area contributed by atoms with Gasteiger partial charge in [0.05, 0.1) is 10.5 Å². The molecule has 0 unspecified atom stereocenters. The predicted molar refractivity (Wildman–Crippen MR) is 67.8 cm³/mol. The number of aldehydes is 1. The summed E-state index contributed by atoms with van der Waals surface area (Å²) in [5.74, 6) is 0.375. The molecule has 7 heteroatoms. The molecule has 1 aromatic heterocycles. The Morgan fingerprint density at radius 1 is 1.37 bits per heavy atom. The Morgan fingerprint density at radius 3 is 2.79 bits per heavy atom. The lowest BCUT2D eigenvalue weighted by Gasteiger charge is -2.06. The summed E-state index contributed by atoms with van der Waals surface area (Å²) in [5.41, 5.74) is 0.0580. The number of aromatic nitrogens is 1. The van der Waals surface area contributed by atoms with Crippen LogP contribution in [0.2, 0.25) is 5.02 Å². The first-order valence-electron chi connectivity index (χ1n) is 5.14. The third-order valence-corrected chi connectivity index (χ3v) is 2.56. The zero-order valence-corrected chi connectivity index (χ0v) is 10.2. The molecule has 6 nitrogen and oxygen atoms in total. The fourth-order valence-corrected chi connectivity index (χ4v) is 1.63. The minimum absolute atomic E-state index is 0.0499. The van der Waals surface area contributed by atoms with Gasteiger partial charge in [0.15, 0.2) is 6.29 Å². The van der Waals surface area contributed by atoms with E-state index in [4.69, 9.17) is 16.3 Å². The van der Waals surface area contributed by atoms with Crippen molar-refractivity contribution in [3.05, 3.63) is 57.2 Å². The summed E-state index contributed by atoms with van der Waals surface area (Å²) < 4.78 is 5.37. The number of hydrogen-bond acceptors (Lipinski definition) is 5. The van der Waals surface area contributed by atoms with Gasteiger partial charge in [-0.3, -0.25) is 14.9 Å². The largest absolute Gasteiger partial charge is 0.438 e. The molecular formula is C12H7ClN2O4. The number of pyridine rings is 1. The zero-order chi connectivity index (χ0) is 13.8. The molecule has 0 aliphatic carbocycles. The first-order valence-corrected chi connectivity index (χ1v) is 5.51. The molecule has 0 fully saturated rings. The van der Waals surface area contributed by atoms with Gasteiger partial charge in [-0.15, -0.1) is 0 Å². The van der Waals surface area contributed by atoms with Gasteiger partial charge in [-0.05, 0) is 18.2 Å². The summed E-state index contributed by atoms with van der Waals surface area (Å²) in [4.78, 5) is 24.7. The average Bonchev–Trinajstić information content (AvgIpc) is 2.39. The average molecular weight is 279 g/mol. The van der Waals surface area contributed by atoms with Crippen LogP contribution in [0, 0.1) is 10.1 Å². The fraction of sp³-hybridized carbons (Fsp3) is 0. The monoisotopic (exact) mass is 278 g/mol. The van der Waals surface area contributed by atoms with Crippen LogP contribution in [-0.2, 0) is 0 Å². The van der Waals surface area contributed by atoms with E-state index in [9.17, 15) is 14.9 Å². The quantitative estimate of drug-likeness (QED) is 0.487. The summed E-state index contributed by atoms with van der Waals surface area (Å²) >= 11 is 5.75. The Hall–Kier alpha value is -2.47. The van der Waals surface area contributed by atoms with Crippen molar-refractivity contribution in [2.24, 2.45) is 0 Å². The van der Waals surface area contributed by atoms with Crippen molar-refractivity contribution in [3.63, 3.8) is 0 Å². The van der Waals surface area contributed by atoms with Gasteiger partial charge >= 0.3 is 0 Å². The van der Waals surface area contributed by atoms with Crippen LogP contribution in [0.1, 0.15) is 10.4 Å². The van der Waals surface area contributed by atoms with Crippen molar-refractivity contribution in [2.75, 3.05) is 0 Å². The first kappa shape index (κ1) is 13.0. The van der Waals surface area contributed by atoms with Crippen LogP contribution < -0.4 is 4.74 Å². The summed E-state index contributed by atoms with van der Waals surface area (Å²) in [6.45, 7) is 0. The number of carbonyl (C=O) groups excluding carboxylic acids is 1. The van der Waals surface area contributed by atoms with Gasteiger partial charge in [0.25, 0.3) is 5.69 Å². The highest BCUT2D eigenvalue weighted by Crippen LogP contribution is 2.30. The van der Waals surface area contributed by atoms with Crippen LogP contribution in [0.3, 0.4) is 0 Å². The topological polar surface area (TPSA) is 82.3 Å². The number of nitrogens with zero attached hydrogens (tertiary/aromatic N) is 2. The highest BCUT2D eigenvalue weighted by atomic mass is 35.5. The van der Waals surface area contributed by atoms with Gasteiger partial charge in [0, 0.05) is 18.3 Å². The van der Waals surface area contributed by atoms with E-state index in [1.54, 1.807) is 12.1 Å². The lowest BCUT2D eigenvalue weighted by atomic mass is 10.3. The Bertz CT molecular complexity index is 645. The fourth-order valence-electron chi connectivity index (χ4n) is 1.39. The molecule has 19 heavy (non-hydrogen) atoms. The zero-order valence-electron chi connectivity index (χ0n) is 9.45. The minimum atomic E-state index is -0.594. The molecule has 0 saturated carbocycles. The molecule has 1 aromatic carbocycles. The molecule has 1 heterocycles. The molecule has 0 radical (unpaired) electrons. The molecule has 0 aliphatic rings. The number of hydrogen-bond donors (Lipinski definition) is 0. The van der Waals surface area contributed by atoms with E-state index in [0.29, 0.717) is 6.29 Å². The van der Waals surface area contributed by atoms with Crippen molar-refractivity contribution < 1.29 is 14.5 Å². The maximum absolute atomic E-state index is 10.8. The summed E-state index contributed by atoms with van der Waals surface area (Å²) in [6.07, 6.45) is 2.07. The number of halogens is 1. The van der Waals surface area contributed by atoms with Crippen LogP contribution in [-0.4, -0.2) is 16.2 Å². The molecule has 0 aliphatic heterocycles. The lowest BCUT2D eigenvalue weighted by Crippen LogP contribution is -1.94. The standard InChI is InChI=1S/C12H7ClN2O4/c13-10-6-9(3-4-11(10)15(17)18)19-12-8(7-16)2-1-5-14-12/h1-7H. The van der Waals surface area contributed by atoms with Gasteiger partial charge < -0.3 is 4.74 Å². The van der Waals surface area contributed by atoms with Gasteiger partial charge in [0.1, 0.15) is 10.8 Å². The highest BCUT2D eigenvalue weighted by molar-refractivity contribution is 6.32. The second kappa shape index (κ2) is 5.45. The molecule has 2 aromatic rings. The molecule has 2 rings (SSSR count). The molecule has 0 bridgehead atoms. The first-order chi connectivity index (χ1) is 9.11. The molecular weight excluding hydrogens is 272 g/mol. The second-order valence-electron chi connectivity index (χ2n) is 3.49. The van der Waals surface area contributed by atoms with E-state index < -0.39 is 4.92 Å². The lowest BCUT2D eigenvalue weighted by molar-refractivity contribution is -0.384. The molecule has 0 spiro atoms. The number of nitro benzene ring substituents is 1. The number of carbonyl (C=O) groups is 1. The molecule has 0 N–H and O–H groups in total. The third kappa shape index (κ3) is 2.86. The number of rotatable bonds is 4. The number of benzene rings is 1. The predicted octanol–water partition coefficient (Wildman–Crippen LogP) is 3.25. The maximum Gasteiger partial charge on any atom is 0.288 e. The Morgan fingerprint density at radius 2 is 2.16 bits per heavy atom. The van der Waals surface area contributed by atoms with Gasteiger partial charge in [-0.2, -0.15) is 0 Å². The number of ether oxygens (including phenoxy) is 1. The Kier molecular flexibility index (Phi) is 3.72. The van der Waals surface area contributed by atoms with Crippen molar-refractivity contribution >= 4 is 23.6 Å². The van der Waals surface area contributed by atoms with Crippen LogP contribution in [0.25, 0.3) is 0 Å². The van der Waals surface area contributed by atoms with Gasteiger partial charge in [-0.25, -0.2) is 4.98 Å². The summed E-state index contributed by atoms with van der Waals surface area (Å²) in [6, 6.07) is 7.04. The van der Waals surface area contributed by atoms with Crippen LogP contribution in [0.4, 0.5) is 5.69 Å². The van der Waals surface area contributed by atoms with E-state index in [1.807, 2.05) is 0 Å². The van der Waals surface area contributed by atoms with Crippen LogP contribution in [0.15, 0.2) is 36.5 Å². The second-order valence-corrected chi connectivity index (χ2v) is 3.90. The highest BCUT2D eigenvalue weighted by Gasteiger charge is 2.13. The van der Waals surface area contributed by atoms with Crippen molar-refractivity contribution in [1.29, 1.82) is 0 Å². The Balaban J connectivity index is 2.31. The smallest absolute Gasteiger partial charge is 0.288 e. The van der Waals surface area contributed by atoms with E-state index in [2.05, 4.69) is 4.98 Å². The molecule has 96 valence electrons. The molecule has 0 amide bonds. The van der Waals surface area contributed by atoms with E-state index >= 15 is 0 Å². The van der Waals surface area contributed by atoms with E-state index in [0.717, 1.165) is 0 Å². The van der Waals surface area contributed by atoms with E-state index in [1.165, 1.54) is 24.4 Å². The van der Waals surface area contributed by atoms with Crippen LogP contribution in [0.5, 0.6) is 11.6 Å². The molecule has 0 saturated heterocycles. The summed E-state index contributed by atoms with van der Waals surface area (Å²) in [7, 11) is 0. The summed E-state index contributed by atoms with van der Waals surface area (Å²) in [5, 5.41) is 10.6. The van der Waals surface area contributed by atoms with Gasteiger partial charge in [-0.1, -0.05) is 11.6 Å². The Labute approximate surface area is 112 Å². The third-order valence-electron chi connectivity index (χ3n) is 2.26. The molecule has 0 atom stereocenters. The minimum Gasteiger partial charge on any atom is -0.438 e. The normalized spacial score (nSPS) is 9.95. The van der Waals surface area contributed by atoms with E-state index in [-0.39, 0.29) is 27.9 Å². The maximum atomic E-state index is 10.8. The van der Waals surface area contributed by atoms with Crippen molar-refractivity contribution in [2.45, 2.75) is 0 Å².